The zero-order chi connectivity index (χ0) is 13.8. The first kappa shape index (κ1) is 14.2. The Bertz CT molecular complexity index is 449. The summed E-state index contributed by atoms with van der Waals surface area (Å²) in [5, 5.41) is 11.5. The lowest BCUT2D eigenvalue weighted by Gasteiger charge is -2.19. The van der Waals surface area contributed by atoms with Crippen molar-refractivity contribution in [1.82, 2.24) is 5.32 Å². The summed E-state index contributed by atoms with van der Waals surface area (Å²) >= 11 is 0. The van der Waals surface area contributed by atoms with Crippen LogP contribution < -0.4 is 5.32 Å². The molecule has 0 radical (unpaired) electrons. The second-order valence-corrected chi connectivity index (χ2v) is 5.39. The molecule has 0 aliphatic rings. The van der Waals surface area contributed by atoms with Gasteiger partial charge in [-0.3, -0.25) is 4.79 Å². The third kappa shape index (κ3) is 3.59. The molecule has 96 valence electrons. The molecule has 1 N–H and O–H groups in total. The van der Waals surface area contributed by atoms with Crippen molar-refractivity contribution in [2.45, 2.75) is 45.6 Å². The van der Waals surface area contributed by atoms with Crippen molar-refractivity contribution < 1.29 is 4.79 Å². The van der Waals surface area contributed by atoms with E-state index in [4.69, 9.17) is 5.26 Å². The van der Waals surface area contributed by atoms with Gasteiger partial charge in [-0.25, -0.2) is 0 Å². The van der Waals surface area contributed by atoms with E-state index in [0.717, 1.165) is 0 Å². The lowest BCUT2D eigenvalue weighted by molar-refractivity contribution is 0.0944. The van der Waals surface area contributed by atoms with Crippen LogP contribution in [-0.2, 0) is 5.41 Å². The number of nitrogens with zero attached hydrogens (tertiary/aromatic N) is 1. The molecule has 0 fully saturated rings. The molecule has 0 aliphatic carbocycles. The maximum atomic E-state index is 11.9. The van der Waals surface area contributed by atoms with Gasteiger partial charge in [-0.05, 0) is 29.5 Å². The van der Waals surface area contributed by atoms with Crippen LogP contribution in [0.3, 0.4) is 0 Å². The van der Waals surface area contributed by atoms with Gasteiger partial charge in [0.05, 0.1) is 6.07 Å². The Labute approximate surface area is 109 Å². The van der Waals surface area contributed by atoms with Gasteiger partial charge >= 0.3 is 0 Å². The summed E-state index contributed by atoms with van der Waals surface area (Å²) in [5.41, 5.74) is 1.86. The molecule has 0 saturated heterocycles. The Morgan fingerprint density at radius 1 is 1.33 bits per heavy atom. The first-order chi connectivity index (χ1) is 8.38. The van der Waals surface area contributed by atoms with E-state index in [0.29, 0.717) is 12.0 Å². The maximum absolute atomic E-state index is 11.9. The topological polar surface area (TPSA) is 52.9 Å². The van der Waals surface area contributed by atoms with Crippen LogP contribution in [0.1, 0.15) is 50.0 Å². The SMILES string of the molecule is CCC(C#N)NC(=O)c1ccc(C(C)(C)C)cc1. The van der Waals surface area contributed by atoms with E-state index in [9.17, 15) is 4.79 Å². The van der Waals surface area contributed by atoms with Crippen molar-refractivity contribution in [3.8, 4) is 6.07 Å². The summed E-state index contributed by atoms with van der Waals surface area (Å²) in [6, 6.07) is 9.17. The van der Waals surface area contributed by atoms with Crippen molar-refractivity contribution in [2.24, 2.45) is 0 Å². The van der Waals surface area contributed by atoms with Crippen molar-refractivity contribution in [3.63, 3.8) is 0 Å². The number of benzene rings is 1. The van der Waals surface area contributed by atoms with E-state index < -0.39 is 6.04 Å². The molecule has 0 spiro atoms. The van der Waals surface area contributed by atoms with Crippen molar-refractivity contribution in [3.05, 3.63) is 35.4 Å². The fourth-order valence-corrected chi connectivity index (χ4v) is 1.59. The number of rotatable bonds is 3. The molecule has 3 heteroatoms. The minimum absolute atomic E-state index is 0.0770. The van der Waals surface area contributed by atoms with E-state index in [1.165, 1.54) is 5.56 Å². The second kappa shape index (κ2) is 5.68. The summed E-state index contributed by atoms with van der Waals surface area (Å²) < 4.78 is 0. The van der Waals surface area contributed by atoms with Gasteiger partial charge in [0.15, 0.2) is 0 Å². The van der Waals surface area contributed by atoms with E-state index in [-0.39, 0.29) is 11.3 Å². The van der Waals surface area contributed by atoms with Gasteiger partial charge in [0.1, 0.15) is 6.04 Å². The van der Waals surface area contributed by atoms with Crippen LogP contribution >= 0.6 is 0 Å². The zero-order valence-corrected chi connectivity index (χ0v) is 11.4. The Hall–Kier alpha value is -1.82. The standard InChI is InChI=1S/C15H20N2O/c1-5-13(10-16)17-14(18)11-6-8-12(9-7-11)15(2,3)4/h6-9,13H,5H2,1-4H3,(H,17,18). The highest BCUT2D eigenvalue weighted by Crippen LogP contribution is 2.22. The Morgan fingerprint density at radius 2 is 1.89 bits per heavy atom. The van der Waals surface area contributed by atoms with E-state index in [1.807, 2.05) is 19.1 Å². The summed E-state index contributed by atoms with van der Waals surface area (Å²) in [5.74, 6) is -0.191. The quantitative estimate of drug-likeness (QED) is 0.888. The summed E-state index contributed by atoms with van der Waals surface area (Å²) in [4.78, 5) is 11.9. The molecule has 0 saturated carbocycles. The maximum Gasteiger partial charge on any atom is 0.252 e. The number of amides is 1. The van der Waals surface area contributed by atoms with Crippen LogP contribution in [-0.4, -0.2) is 11.9 Å². The second-order valence-electron chi connectivity index (χ2n) is 5.39. The van der Waals surface area contributed by atoms with Gasteiger partial charge < -0.3 is 5.32 Å². The minimum atomic E-state index is -0.417. The first-order valence-electron chi connectivity index (χ1n) is 6.19. The average molecular weight is 244 g/mol. The van der Waals surface area contributed by atoms with Crippen molar-refractivity contribution >= 4 is 5.91 Å². The fraction of sp³-hybridized carbons (Fsp3) is 0.467. The van der Waals surface area contributed by atoms with Crippen LogP contribution in [0, 0.1) is 11.3 Å². The van der Waals surface area contributed by atoms with Crippen LogP contribution in [0.2, 0.25) is 0 Å². The molecule has 3 nitrogen and oxygen atoms in total. The molecule has 1 rings (SSSR count). The van der Waals surface area contributed by atoms with E-state index in [2.05, 4.69) is 32.2 Å². The lowest BCUT2D eigenvalue weighted by Crippen LogP contribution is -2.33. The number of hydrogen-bond acceptors (Lipinski definition) is 2. The Kier molecular flexibility index (Phi) is 4.49. The molecule has 0 aromatic heterocycles. The predicted molar refractivity (Wildman–Crippen MR) is 72.3 cm³/mol. The van der Waals surface area contributed by atoms with Crippen molar-refractivity contribution in [2.75, 3.05) is 0 Å². The molecule has 0 bridgehead atoms. The Balaban J connectivity index is 2.80. The minimum Gasteiger partial charge on any atom is -0.336 e. The molecule has 1 aromatic rings. The number of hydrogen-bond donors (Lipinski definition) is 1. The first-order valence-corrected chi connectivity index (χ1v) is 6.19. The highest BCUT2D eigenvalue weighted by molar-refractivity contribution is 5.94. The highest BCUT2D eigenvalue weighted by atomic mass is 16.1. The lowest BCUT2D eigenvalue weighted by atomic mass is 9.86. The van der Waals surface area contributed by atoms with E-state index in [1.54, 1.807) is 12.1 Å². The highest BCUT2D eigenvalue weighted by Gasteiger charge is 2.15. The molecule has 0 aliphatic heterocycles. The average Bonchev–Trinajstić information content (AvgIpc) is 2.34. The number of carbonyl (C=O) groups excluding carboxylic acids is 1. The molecule has 1 unspecified atom stereocenters. The van der Waals surface area contributed by atoms with Gasteiger partial charge in [0, 0.05) is 5.56 Å². The number of carbonyl (C=O) groups is 1. The van der Waals surface area contributed by atoms with E-state index >= 15 is 0 Å². The predicted octanol–water partition coefficient (Wildman–Crippen LogP) is 3.02. The van der Waals surface area contributed by atoms with Gasteiger partial charge in [-0.15, -0.1) is 0 Å². The molecular weight excluding hydrogens is 224 g/mol. The zero-order valence-electron chi connectivity index (χ0n) is 11.4. The molecule has 1 aromatic carbocycles. The van der Waals surface area contributed by atoms with Gasteiger partial charge in [-0.1, -0.05) is 39.8 Å². The van der Waals surface area contributed by atoms with Crippen LogP contribution in [0.4, 0.5) is 0 Å². The fourth-order valence-electron chi connectivity index (χ4n) is 1.59. The summed E-state index contributed by atoms with van der Waals surface area (Å²) in [6.45, 7) is 8.26. The van der Waals surface area contributed by atoms with Gasteiger partial charge in [0.2, 0.25) is 0 Å². The summed E-state index contributed by atoms with van der Waals surface area (Å²) in [6.07, 6.45) is 0.613. The normalized spacial score (nSPS) is 12.6. The number of nitrogens with one attached hydrogen (secondary N) is 1. The Morgan fingerprint density at radius 3 is 2.28 bits per heavy atom. The van der Waals surface area contributed by atoms with Crippen LogP contribution in [0.25, 0.3) is 0 Å². The third-order valence-corrected chi connectivity index (χ3v) is 2.88. The smallest absolute Gasteiger partial charge is 0.252 e. The molecular formula is C15H20N2O. The third-order valence-electron chi connectivity index (χ3n) is 2.88. The molecule has 1 atom stereocenters. The molecule has 18 heavy (non-hydrogen) atoms. The van der Waals surface area contributed by atoms with Gasteiger partial charge in [-0.2, -0.15) is 5.26 Å². The van der Waals surface area contributed by atoms with Crippen LogP contribution in [0.5, 0.6) is 0 Å². The van der Waals surface area contributed by atoms with Gasteiger partial charge in [0.25, 0.3) is 5.91 Å². The summed E-state index contributed by atoms with van der Waals surface area (Å²) in [7, 11) is 0. The monoisotopic (exact) mass is 244 g/mol. The number of nitriles is 1. The van der Waals surface area contributed by atoms with Crippen molar-refractivity contribution in [1.29, 1.82) is 5.26 Å². The largest absolute Gasteiger partial charge is 0.336 e. The molecule has 1 amide bonds. The van der Waals surface area contributed by atoms with Crippen LogP contribution in [0.15, 0.2) is 24.3 Å². The molecule has 0 heterocycles.